The molecular weight excluding hydrogens is 368 g/mol. The van der Waals surface area contributed by atoms with E-state index in [1.807, 2.05) is 30.3 Å². The van der Waals surface area contributed by atoms with Crippen LogP contribution >= 0.6 is 0 Å². The van der Waals surface area contributed by atoms with Crippen LogP contribution < -0.4 is 10.6 Å². The van der Waals surface area contributed by atoms with Crippen molar-refractivity contribution in [3.63, 3.8) is 0 Å². The summed E-state index contributed by atoms with van der Waals surface area (Å²) in [7, 11) is 0. The van der Waals surface area contributed by atoms with Gasteiger partial charge in [0.15, 0.2) is 0 Å². The maximum atomic E-state index is 12.6. The normalized spacial score (nSPS) is 13.9. The lowest BCUT2D eigenvalue weighted by atomic mass is 10.1. The fraction of sp³-hybridized carbons (Fsp3) is 0.286. The van der Waals surface area contributed by atoms with Gasteiger partial charge in [-0.05, 0) is 30.2 Å². The summed E-state index contributed by atoms with van der Waals surface area (Å²) < 4.78 is 0. The fourth-order valence-electron chi connectivity index (χ4n) is 3.45. The minimum atomic E-state index is -0.330. The summed E-state index contributed by atoms with van der Waals surface area (Å²) in [6, 6.07) is 16.6. The molecule has 8 heteroatoms. The predicted molar refractivity (Wildman–Crippen MR) is 108 cm³/mol. The van der Waals surface area contributed by atoms with Gasteiger partial charge in [-0.25, -0.2) is 0 Å². The summed E-state index contributed by atoms with van der Waals surface area (Å²) in [4.78, 5) is 26.3. The van der Waals surface area contributed by atoms with E-state index in [1.54, 1.807) is 24.3 Å². The van der Waals surface area contributed by atoms with E-state index in [4.69, 9.17) is 0 Å². The molecule has 1 fully saturated rings. The van der Waals surface area contributed by atoms with Crippen molar-refractivity contribution in [3.8, 4) is 11.4 Å². The number of hydrogen-bond acceptors (Lipinski definition) is 5. The van der Waals surface area contributed by atoms with Crippen LogP contribution in [0.15, 0.2) is 54.6 Å². The summed E-state index contributed by atoms with van der Waals surface area (Å²) in [5.74, 6) is -0.0454. The van der Waals surface area contributed by atoms with Gasteiger partial charge in [-0.15, -0.1) is 10.2 Å². The Bertz CT molecular complexity index is 995. The van der Waals surface area contributed by atoms with E-state index in [9.17, 15) is 9.59 Å². The van der Waals surface area contributed by atoms with Crippen LogP contribution in [0.4, 0.5) is 5.69 Å². The number of rotatable bonds is 6. The second-order valence-corrected chi connectivity index (χ2v) is 7.06. The number of carbonyl (C=O) groups is 2. The lowest BCUT2D eigenvalue weighted by Crippen LogP contribution is -2.33. The average Bonchev–Trinajstić information content (AvgIpc) is 3.41. The van der Waals surface area contributed by atoms with Gasteiger partial charge in [0.1, 0.15) is 6.54 Å². The van der Waals surface area contributed by atoms with Crippen molar-refractivity contribution >= 4 is 17.5 Å². The van der Waals surface area contributed by atoms with Crippen molar-refractivity contribution < 1.29 is 9.59 Å². The van der Waals surface area contributed by atoms with Crippen molar-refractivity contribution in [2.24, 2.45) is 0 Å². The monoisotopic (exact) mass is 390 g/mol. The number of benzene rings is 2. The molecule has 29 heavy (non-hydrogen) atoms. The molecule has 1 aromatic heterocycles. The van der Waals surface area contributed by atoms with Gasteiger partial charge in [0.25, 0.3) is 5.91 Å². The van der Waals surface area contributed by atoms with Gasteiger partial charge >= 0.3 is 0 Å². The zero-order valence-electron chi connectivity index (χ0n) is 15.9. The van der Waals surface area contributed by atoms with Gasteiger partial charge in [-0.2, -0.15) is 4.80 Å². The van der Waals surface area contributed by atoms with E-state index in [2.05, 4.69) is 26.0 Å². The van der Waals surface area contributed by atoms with Gasteiger partial charge in [0.2, 0.25) is 11.7 Å². The maximum absolute atomic E-state index is 12.6. The van der Waals surface area contributed by atoms with Crippen LogP contribution in [0.25, 0.3) is 11.4 Å². The van der Waals surface area contributed by atoms with Gasteiger partial charge in [-0.3, -0.25) is 9.59 Å². The molecule has 0 atom stereocenters. The van der Waals surface area contributed by atoms with Crippen LogP contribution in [0.5, 0.6) is 0 Å². The summed E-state index contributed by atoms with van der Waals surface area (Å²) in [5, 5.41) is 18.0. The first-order chi connectivity index (χ1) is 14.2. The zero-order chi connectivity index (χ0) is 20.1. The Morgan fingerprint density at radius 2 is 1.72 bits per heavy atom. The Labute approximate surface area is 168 Å². The molecule has 0 bridgehead atoms. The molecule has 2 amide bonds. The van der Waals surface area contributed by atoms with E-state index >= 15 is 0 Å². The molecule has 1 aliphatic carbocycles. The third kappa shape index (κ3) is 4.66. The highest BCUT2D eigenvalue weighted by atomic mass is 16.2. The van der Waals surface area contributed by atoms with Crippen LogP contribution in [-0.2, 0) is 11.3 Å². The minimum absolute atomic E-state index is 0.0988. The molecule has 0 unspecified atom stereocenters. The third-order valence-electron chi connectivity index (χ3n) is 4.91. The predicted octanol–water partition coefficient (Wildman–Crippen LogP) is 2.65. The highest BCUT2D eigenvalue weighted by Crippen LogP contribution is 2.20. The Morgan fingerprint density at radius 1 is 1.00 bits per heavy atom. The summed E-state index contributed by atoms with van der Waals surface area (Å²) in [6.45, 7) is -0.0988. The SMILES string of the molecule is O=C(Cn1nnc(-c2ccccc2)n1)Nc1ccccc1C(=O)NC1CCCC1. The number of hydrogen-bond donors (Lipinski definition) is 2. The number of aromatic nitrogens is 4. The van der Waals surface area contributed by atoms with Crippen LogP contribution in [0.2, 0.25) is 0 Å². The smallest absolute Gasteiger partial charge is 0.253 e. The standard InChI is InChI=1S/C21H22N6O2/c28-19(14-27-25-20(24-26-27)15-8-2-1-3-9-15)23-18-13-7-6-12-17(18)21(29)22-16-10-4-5-11-16/h1-3,6-9,12-13,16H,4-5,10-11,14H2,(H,22,29)(H,23,28). The molecule has 2 aromatic carbocycles. The van der Waals surface area contributed by atoms with Crippen molar-refractivity contribution in [2.45, 2.75) is 38.3 Å². The van der Waals surface area contributed by atoms with Gasteiger partial charge in [0, 0.05) is 11.6 Å². The van der Waals surface area contributed by atoms with Crippen LogP contribution in [0, 0.1) is 0 Å². The highest BCUT2D eigenvalue weighted by molar-refractivity contribution is 6.03. The molecule has 0 spiro atoms. The Morgan fingerprint density at radius 3 is 2.52 bits per heavy atom. The van der Waals surface area contributed by atoms with E-state index < -0.39 is 0 Å². The van der Waals surface area contributed by atoms with Crippen molar-refractivity contribution in [2.75, 3.05) is 5.32 Å². The second kappa shape index (κ2) is 8.64. The number of nitrogens with one attached hydrogen (secondary N) is 2. The number of para-hydroxylation sites is 1. The summed E-state index contributed by atoms with van der Waals surface area (Å²) in [6.07, 6.45) is 4.28. The molecule has 1 aliphatic rings. The highest BCUT2D eigenvalue weighted by Gasteiger charge is 2.20. The molecule has 0 saturated heterocycles. The van der Waals surface area contributed by atoms with Gasteiger partial charge in [0.05, 0.1) is 11.3 Å². The van der Waals surface area contributed by atoms with E-state index in [0.29, 0.717) is 17.1 Å². The Kier molecular flexibility index (Phi) is 5.60. The molecule has 1 heterocycles. The quantitative estimate of drug-likeness (QED) is 0.674. The first kappa shape index (κ1) is 18.8. The lowest BCUT2D eigenvalue weighted by molar-refractivity contribution is -0.117. The molecule has 0 aliphatic heterocycles. The van der Waals surface area contributed by atoms with Gasteiger partial charge in [-0.1, -0.05) is 55.3 Å². The summed E-state index contributed by atoms with van der Waals surface area (Å²) in [5.41, 5.74) is 1.74. The molecule has 8 nitrogen and oxygen atoms in total. The van der Waals surface area contributed by atoms with Crippen LogP contribution in [0.3, 0.4) is 0 Å². The first-order valence-electron chi connectivity index (χ1n) is 9.72. The zero-order valence-corrected chi connectivity index (χ0v) is 15.9. The molecular formula is C21H22N6O2. The molecule has 0 radical (unpaired) electrons. The molecule has 1 saturated carbocycles. The number of anilines is 1. The molecule has 2 N–H and O–H groups in total. The van der Waals surface area contributed by atoms with E-state index in [-0.39, 0.29) is 24.4 Å². The van der Waals surface area contributed by atoms with Crippen molar-refractivity contribution in [1.82, 2.24) is 25.5 Å². The number of amides is 2. The molecule has 148 valence electrons. The second-order valence-electron chi connectivity index (χ2n) is 7.06. The van der Waals surface area contributed by atoms with Crippen molar-refractivity contribution in [3.05, 3.63) is 60.2 Å². The molecule has 3 aromatic rings. The maximum Gasteiger partial charge on any atom is 0.253 e. The Hall–Kier alpha value is -3.55. The minimum Gasteiger partial charge on any atom is -0.349 e. The topological polar surface area (TPSA) is 102 Å². The lowest BCUT2D eigenvalue weighted by Gasteiger charge is -2.14. The van der Waals surface area contributed by atoms with Crippen molar-refractivity contribution in [1.29, 1.82) is 0 Å². The average molecular weight is 390 g/mol. The third-order valence-corrected chi connectivity index (χ3v) is 4.91. The number of nitrogens with zero attached hydrogens (tertiary/aromatic N) is 4. The molecule has 4 rings (SSSR count). The van der Waals surface area contributed by atoms with E-state index in [0.717, 1.165) is 31.2 Å². The summed E-state index contributed by atoms with van der Waals surface area (Å²) >= 11 is 0. The number of tetrazole rings is 1. The number of carbonyl (C=O) groups excluding carboxylic acids is 2. The largest absolute Gasteiger partial charge is 0.349 e. The first-order valence-corrected chi connectivity index (χ1v) is 9.72. The van der Waals surface area contributed by atoms with E-state index in [1.165, 1.54) is 4.80 Å². The fourth-order valence-corrected chi connectivity index (χ4v) is 3.45. The van der Waals surface area contributed by atoms with Crippen LogP contribution in [0.1, 0.15) is 36.0 Å². The Balaban J connectivity index is 1.41. The van der Waals surface area contributed by atoms with Crippen LogP contribution in [-0.4, -0.2) is 38.1 Å². The van der Waals surface area contributed by atoms with Gasteiger partial charge < -0.3 is 10.6 Å².